The summed E-state index contributed by atoms with van der Waals surface area (Å²) in [5, 5.41) is 0. The first kappa shape index (κ1) is 21.9. The number of imide groups is 1. The zero-order valence-electron chi connectivity index (χ0n) is 19.0. The van der Waals surface area contributed by atoms with E-state index < -0.39 is 0 Å². The summed E-state index contributed by atoms with van der Waals surface area (Å²) in [4.78, 5) is 30.8. The molecule has 0 spiro atoms. The van der Waals surface area contributed by atoms with Crippen LogP contribution in [-0.4, -0.2) is 56.2 Å². The highest BCUT2D eigenvalue weighted by Gasteiger charge is 2.44. The van der Waals surface area contributed by atoms with Crippen molar-refractivity contribution in [1.82, 2.24) is 4.90 Å². The van der Waals surface area contributed by atoms with Crippen molar-refractivity contribution in [3.8, 4) is 11.5 Å². The quantitative estimate of drug-likeness (QED) is 0.670. The summed E-state index contributed by atoms with van der Waals surface area (Å²) in [7, 11) is 3.10. The van der Waals surface area contributed by atoms with Gasteiger partial charge in [-0.15, -0.1) is 0 Å². The van der Waals surface area contributed by atoms with Crippen LogP contribution in [0.3, 0.4) is 0 Å². The highest BCUT2D eigenvalue weighted by molar-refractivity contribution is 6.45. The number of aryl methyl sites for hydroxylation is 1. The number of ether oxygens (including phenoxy) is 3. The second-order valence-corrected chi connectivity index (χ2v) is 8.19. The van der Waals surface area contributed by atoms with E-state index in [1.54, 1.807) is 38.5 Å². The molecule has 0 aromatic heterocycles. The third-order valence-corrected chi connectivity index (χ3v) is 5.82. The van der Waals surface area contributed by atoms with Crippen molar-refractivity contribution in [3.63, 3.8) is 0 Å². The molecule has 1 fully saturated rings. The van der Waals surface area contributed by atoms with Gasteiger partial charge in [-0.25, -0.2) is 4.90 Å². The second-order valence-electron chi connectivity index (χ2n) is 8.19. The van der Waals surface area contributed by atoms with Crippen LogP contribution in [0.5, 0.6) is 11.5 Å². The molecule has 0 aliphatic carbocycles. The minimum Gasteiger partial charge on any atom is -0.493 e. The predicted molar refractivity (Wildman–Crippen MR) is 122 cm³/mol. The molecular formula is C25H28N2O5. The van der Waals surface area contributed by atoms with Crippen molar-refractivity contribution >= 4 is 23.1 Å². The fraction of sp³-hybridized carbons (Fsp3) is 0.360. The van der Waals surface area contributed by atoms with Gasteiger partial charge in [-0.2, -0.15) is 0 Å². The number of amides is 2. The van der Waals surface area contributed by atoms with Gasteiger partial charge in [-0.05, 0) is 50.1 Å². The molecule has 0 radical (unpaired) electrons. The van der Waals surface area contributed by atoms with E-state index in [1.807, 2.05) is 43.9 Å². The van der Waals surface area contributed by atoms with Gasteiger partial charge in [0.2, 0.25) is 0 Å². The maximum Gasteiger partial charge on any atom is 0.282 e. The molecule has 168 valence electrons. The van der Waals surface area contributed by atoms with Crippen LogP contribution in [0.2, 0.25) is 0 Å². The Morgan fingerprint density at radius 2 is 1.56 bits per heavy atom. The molecule has 1 saturated heterocycles. The molecule has 7 nitrogen and oxygen atoms in total. The first-order valence-electron chi connectivity index (χ1n) is 10.7. The van der Waals surface area contributed by atoms with Crippen LogP contribution in [0.4, 0.5) is 5.69 Å². The lowest BCUT2D eigenvalue weighted by molar-refractivity contribution is -0.121. The molecule has 2 aromatic rings. The molecule has 0 saturated carbocycles. The normalized spacial score (nSPS) is 21.4. The van der Waals surface area contributed by atoms with Crippen molar-refractivity contribution in [2.45, 2.75) is 33.0 Å². The third kappa shape index (κ3) is 3.73. The standard InChI is InChI=1S/C25H28N2O5/c1-15-8-6-7-9-19(15)27-24(28)22(18-10-11-20(30-4)21(12-18)31-5)23(25(27)29)26-13-16(2)32-17(3)14-26/h6-12,16-17H,13-14H2,1-5H3. The van der Waals surface area contributed by atoms with Crippen molar-refractivity contribution in [2.75, 3.05) is 32.2 Å². The first-order chi connectivity index (χ1) is 15.3. The molecule has 0 N–H and O–H groups in total. The second kappa shape index (κ2) is 8.67. The van der Waals surface area contributed by atoms with Crippen LogP contribution in [-0.2, 0) is 14.3 Å². The van der Waals surface area contributed by atoms with Gasteiger partial charge >= 0.3 is 0 Å². The van der Waals surface area contributed by atoms with Gasteiger partial charge in [-0.1, -0.05) is 24.3 Å². The monoisotopic (exact) mass is 436 g/mol. The van der Waals surface area contributed by atoms with Gasteiger partial charge in [-0.3, -0.25) is 9.59 Å². The van der Waals surface area contributed by atoms with Crippen molar-refractivity contribution < 1.29 is 23.8 Å². The summed E-state index contributed by atoms with van der Waals surface area (Å²) in [5.74, 6) is 0.378. The van der Waals surface area contributed by atoms with Crippen LogP contribution >= 0.6 is 0 Å². The Hall–Kier alpha value is -3.32. The Balaban J connectivity index is 1.88. The van der Waals surface area contributed by atoms with Gasteiger partial charge in [0.1, 0.15) is 5.70 Å². The average Bonchev–Trinajstić information content (AvgIpc) is 3.03. The molecule has 2 aliphatic heterocycles. The molecule has 0 bridgehead atoms. The average molecular weight is 437 g/mol. The fourth-order valence-corrected chi connectivity index (χ4v) is 4.46. The summed E-state index contributed by atoms with van der Waals surface area (Å²) in [6, 6.07) is 12.7. The van der Waals surface area contributed by atoms with E-state index in [2.05, 4.69) is 0 Å². The molecule has 2 aromatic carbocycles. The number of anilines is 1. The molecule has 32 heavy (non-hydrogen) atoms. The number of methoxy groups -OCH3 is 2. The highest BCUT2D eigenvalue weighted by atomic mass is 16.5. The summed E-state index contributed by atoms with van der Waals surface area (Å²) in [6.07, 6.45) is -0.123. The van der Waals surface area contributed by atoms with Gasteiger partial charge < -0.3 is 19.1 Å². The smallest absolute Gasteiger partial charge is 0.282 e. The summed E-state index contributed by atoms with van der Waals surface area (Å²) >= 11 is 0. The van der Waals surface area contributed by atoms with Crippen LogP contribution in [0.15, 0.2) is 48.2 Å². The van der Waals surface area contributed by atoms with Gasteiger partial charge in [0.05, 0.1) is 37.7 Å². The lowest BCUT2D eigenvalue weighted by atomic mass is 10.0. The van der Waals surface area contributed by atoms with E-state index >= 15 is 0 Å². The number of benzene rings is 2. The zero-order chi connectivity index (χ0) is 23.0. The maximum absolute atomic E-state index is 13.8. The van der Waals surface area contributed by atoms with Crippen LogP contribution in [0, 0.1) is 6.92 Å². The minimum atomic E-state index is -0.349. The lowest BCUT2D eigenvalue weighted by Gasteiger charge is -2.37. The van der Waals surface area contributed by atoms with Crippen molar-refractivity contribution in [2.24, 2.45) is 0 Å². The van der Waals surface area contributed by atoms with Crippen LogP contribution in [0.1, 0.15) is 25.0 Å². The van der Waals surface area contributed by atoms with Crippen LogP contribution < -0.4 is 14.4 Å². The highest BCUT2D eigenvalue weighted by Crippen LogP contribution is 2.39. The number of para-hydroxylation sites is 1. The van der Waals surface area contributed by atoms with E-state index in [0.717, 1.165) is 5.56 Å². The van der Waals surface area contributed by atoms with E-state index in [4.69, 9.17) is 14.2 Å². The number of hydrogen-bond acceptors (Lipinski definition) is 6. The first-order valence-corrected chi connectivity index (χ1v) is 10.7. The van der Waals surface area contributed by atoms with E-state index in [-0.39, 0.29) is 24.0 Å². The van der Waals surface area contributed by atoms with Crippen molar-refractivity contribution in [1.29, 1.82) is 0 Å². The van der Waals surface area contributed by atoms with Crippen LogP contribution in [0.25, 0.3) is 5.57 Å². The topological polar surface area (TPSA) is 68.3 Å². The molecule has 2 aliphatic rings. The lowest BCUT2D eigenvalue weighted by Crippen LogP contribution is -2.47. The Labute approximate surface area is 188 Å². The van der Waals surface area contributed by atoms with E-state index in [0.29, 0.717) is 47.1 Å². The Morgan fingerprint density at radius 3 is 2.19 bits per heavy atom. The van der Waals surface area contributed by atoms with Gasteiger partial charge in [0.15, 0.2) is 11.5 Å². The minimum absolute atomic E-state index is 0.0617. The molecule has 2 atom stereocenters. The van der Waals surface area contributed by atoms with Crippen molar-refractivity contribution in [3.05, 3.63) is 59.3 Å². The Morgan fingerprint density at radius 1 is 0.906 bits per heavy atom. The summed E-state index contributed by atoms with van der Waals surface area (Å²) in [6.45, 7) is 6.89. The number of hydrogen-bond donors (Lipinski definition) is 0. The zero-order valence-corrected chi connectivity index (χ0v) is 19.0. The van der Waals surface area contributed by atoms with E-state index in [9.17, 15) is 9.59 Å². The number of morpholine rings is 1. The number of rotatable bonds is 5. The predicted octanol–water partition coefficient (Wildman–Crippen LogP) is 3.41. The molecule has 4 rings (SSSR count). The third-order valence-electron chi connectivity index (χ3n) is 5.82. The van der Waals surface area contributed by atoms with E-state index in [1.165, 1.54) is 4.90 Å². The summed E-state index contributed by atoms with van der Waals surface area (Å²) < 4.78 is 16.7. The van der Waals surface area contributed by atoms with Gasteiger partial charge in [0, 0.05) is 13.1 Å². The molecule has 7 heteroatoms. The number of carbonyl (C=O) groups is 2. The Kier molecular flexibility index (Phi) is 5.93. The SMILES string of the molecule is COc1ccc(C2=C(N3CC(C)OC(C)C3)C(=O)N(c3ccccc3C)C2=O)cc1OC. The Bertz CT molecular complexity index is 1080. The molecule has 2 heterocycles. The summed E-state index contributed by atoms with van der Waals surface area (Å²) in [5.41, 5.74) is 2.81. The molecule has 2 unspecified atom stereocenters. The van der Waals surface area contributed by atoms with Gasteiger partial charge in [0.25, 0.3) is 11.8 Å². The molecule has 2 amide bonds. The number of carbonyl (C=O) groups excluding carboxylic acids is 2. The largest absolute Gasteiger partial charge is 0.493 e. The molecular weight excluding hydrogens is 408 g/mol. The number of nitrogens with zero attached hydrogens (tertiary/aromatic N) is 2. The fourth-order valence-electron chi connectivity index (χ4n) is 4.46. The maximum atomic E-state index is 13.8.